The van der Waals surface area contributed by atoms with Crippen LogP contribution in [0.25, 0.3) is 0 Å². The fraction of sp³-hybridized carbons (Fsp3) is 0.500. The van der Waals surface area contributed by atoms with Gasteiger partial charge in [-0.15, -0.1) is 0 Å². The van der Waals surface area contributed by atoms with Gasteiger partial charge in [0.2, 0.25) is 0 Å². The second-order valence-electron chi connectivity index (χ2n) is 3.80. The van der Waals surface area contributed by atoms with E-state index in [1.807, 2.05) is 6.92 Å². The van der Waals surface area contributed by atoms with E-state index in [2.05, 4.69) is 5.43 Å². The molecule has 0 aliphatic carbocycles. The summed E-state index contributed by atoms with van der Waals surface area (Å²) in [7, 11) is 0. The highest BCUT2D eigenvalue weighted by atomic mass is 35.5. The standard InChI is InChI=1S/C12H18ClFN2O/c1-2-17-6-5-10(16-15)7-9-3-4-11(13)12(14)8-9/h3-4,8,10,16H,2,5-7,15H2,1H3. The molecule has 0 aliphatic heterocycles. The van der Waals surface area contributed by atoms with E-state index in [0.29, 0.717) is 19.6 Å². The summed E-state index contributed by atoms with van der Waals surface area (Å²) in [4.78, 5) is 0. The fourth-order valence-corrected chi connectivity index (χ4v) is 1.68. The molecule has 96 valence electrons. The van der Waals surface area contributed by atoms with Gasteiger partial charge in [0, 0.05) is 19.3 Å². The molecule has 0 aliphatic rings. The Morgan fingerprint density at radius 3 is 2.88 bits per heavy atom. The molecule has 0 radical (unpaired) electrons. The van der Waals surface area contributed by atoms with Crippen LogP contribution in [0.1, 0.15) is 18.9 Å². The number of ether oxygens (including phenoxy) is 1. The molecule has 0 fully saturated rings. The molecule has 0 amide bonds. The first-order valence-corrected chi connectivity index (χ1v) is 6.03. The van der Waals surface area contributed by atoms with Gasteiger partial charge < -0.3 is 4.74 Å². The van der Waals surface area contributed by atoms with E-state index in [4.69, 9.17) is 22.2 Å². The van der Waals surface area contributed by atoms with Gasteiger partial charge >= 0.3 is 0 Å². The van der Waals surface area contributed by atoms with Crippen molar-refractivity contribution in [1.82, 2.24) is 5.43 Å². The molecule has 0 saturated carbocycles. The lowest BCUT2D eigenvalue weighted by Crippen LogP contribution is -2.37. The number of benzene rings is 1. The maximum absolute atomic E-state index is 13.2. The quantitative estimate of drug-likeness (QED) is 0.449. The molecular formula is C12H18ClFN2O. The van der Waals surface area contributed by atoms with E-state index in [0.717, 1.165) is 12.0 Å². The Labute approximate surface area is 106 Å². The SMILES string of the molecule is CCOCCC(Cc1ccc(Cl)c(F)c1)NN. The van der Waals surface area contributed by atoms with Gasteiger partial charge in [0.1, 0.15) is 5.82 Å². The summed E-state index contributed by atoms with van der Waals surface area (Å²) in [6.45, 7) is 3.27. The number of hydrogen-bond acceptors (Lipinski definition) is 3. The number of nitrogens with one attached hydrogen (secondary N) is 1. The Morgan fingerprint density at radius 2 is 2.29 bits per heavy atom. The normalized spacial score (nSPS) is 12.7. The summed E-state index contributed by atoms with van der Waals surface area (Å²) < 4.78 is 18.5. The predicted molar refractivity (Wildman–Crippen MR) is 67.3 cm³/mol. The highest BCUT2D eigenvalue weighted by molar-refractivity contribution is 6.30. The van der Waals surface area contributed by atoms with Crippen LogP contribution in [0.15, 0.2) is 18.2 Å². The average molecular weight is 261 g/mol. The lowest BCUT2D eigenvalue weighted by Gasteiger charge is -2.15. The van der Waals surface area contributed by atoms with Gasteiger partial charge in [-0.3, -0.25) is 11.3 Å². The van der Waals surface area contributed by atoms with Crippen molar-refractivity contribution in [2.24, 2.45) is 5.84 Å². The van der Waals surface area contributed by atoms with Crippen LogP contribution in [0.5, 0.6) is 0 Å². The van der Waals surface area contributed by atoms with Gasteiger partial charge in [-0.2, -0.15) is 0 Å². The summed E-state index contributed by atoms with van der Waals surface area (Å²) in [6.07, 6.45) is 1.44. The van der Waals surface area contributed by atoms with Gasteiger partial charge in [-0.25, -0.2) is 4.39 Å². The Hall–Kier alpha value is -0.680. The maximum atomic E-state index is 13.2. The Kier molecular flexibility index (Phi) is 6.44. The number of hydrazine groups is 1. The zero-order valence-electron chi connectivity index (χ0n) is 9.88. The first-order valence-electron chi connectivity index (χ1n) is 5.65. The summed E-state index contributed by atoms with van der Waals surface area (Å²) in [5, 5.41) is 0.139. The van der Waals surface area contributed by atoms with Gasteiger partial charge in [0.25, 0.3) is 0 Å². The van der Waals surface area contributed by atoms with Crippen LogP contribution < -0.4 is 11.3 Å². The van der Waals surface area contributed by atoms with E-state index in [1.54, 1.807) is 12.1 Å². The predicted octanol–water partition coefficient (Wildman–Crippen LogP) is 2.28. The zero-order chi connectivity index (χ0) is 12.7. The molecule has 1 unspecified atom stereocenters. The minimum atomic E-state index is -0.398. The van der Waals surface area contributed by atoms with E-state index in [1.165, 1.54) is 6.07 Å². The number of hydrogen-bond donors (Lipinski definition) is 2. The lowest BCUT2D eigenvalue weighted by molar-refractivity contribution is 0.136. The van der Waals surface area contributed by atoms with E-state index < -0.39 is 5.82 Å². The minimum absolute atomic E-state index is 0.0714. The number of nitrogens with two attached hydrogens (primary N) is 1. The van der Waals surface area contributed by atoms with Gasteiger partial charge in [0.05, 0.1) is 5.02 Å². The monoisotopic (exact) mass is 260 g/mol. The summed E-state index contributed by atoms with van der Waals surface area (Å²) in [5.41, 5.74) is 3.58. The maximum Gasteiger partial charge on any atom is 0.142 e. The third-order valence-corrected chi connectivity index (χ3v) is 2.82. The molecule has 0 spiro atoms. The van der Waals surface area contributed by atoms with Gasteiger partial charge in [-0.1, -0.05) is 17.7 Å². The van der Waals surface area contributed by atoms with Crippen LogP contribution in [-0.4, -0.2) is 19.3 Å². The van der Waals surface area contributed by atoms with Crippen molar-refractivity contribution in [3.63, 3.8) is 0 Å². The zero-order valence-corrected chi connectivity index (χ0v) is 10.6. The molecule has 0 aromatic heterocycles. The van der Waals surface area contributed by atoms with E-state index in [9.17, 15) is 4.39 Å². The third-order valence-electron chi connectivity index (χ3n) is 2.52. The highest BCUT2D eigenvalue weighted by Gasteiger charge is 2.09. The summed E-state index contributed by atoms with van der Waals surface area (Å²) in [5.74, 6) is 5.05. The van der Waals surface area contributed by atoms with Crippen LogP contribution in [0.3, 0.4) is 0 Å². The molecule has 0 saturated heterocycles. The lowest BCUT2D eigenvalue weighted by atomic mass is 10.0. The Bertz CT molecular complexity index is 349. The molecule has 0 bridgehead atoms. The fourth-order valence-electron chi connectivity index (χ4n) is 1.57. The van der Waals surface area contributed by atoms with Crippen molar-refractivity contribution >= 4 is 11.6 Å². The Morgan fingerprint density at radius 1 is 1.53 bits per heavy atom. The molecular weight excluding hydrogens is 243 g/mol. The topological polar surface area (TPSA) is 47.3 Å². The molecule has 17 heavy (non-hydrogen) atoms. The van der Waals surface area contributed by atoms with E-state index >= 15 is 0 Å². The second kappa shape index (κ2) is 7.61. The first-order chi connectivity index (χ1) is 8.17. The van der Waals surface area contributed by atoms with Gasteiger partial charge in [0.15, 0.2) is 0 Å². The average Bonchev–Trinajstić information content (AvgIpc) is 2.32. The van der Waals surface area contributed by atoms with Crippen molar-refractivity contribution in [3.05, 3.63) is 34.6 Å². The third kappa shape index (κ3) is 5.00. The number of rotatable bonds is 7. The van der Waals surface area contributed by atoms with Crippen molar-refractivity contribution < 1.29 is 9.13 Å². The first kappa shape index (κ1) is 14.4. The molecule has 3 nitrogen and oxygen atoms in total. The minimum Gasteiger partial charge on any atom is -0.382 e. The molecule has 1 rings (SSSR count). The molecule has 0 heterocycles. The smallest absolute Gasteiger partial charge is 0.142 e. The largest absolute Gasteiger partial charge is 0.382 e. The van der Waals surface area contributed by atoms with E-state index in [-0.39, 0.29) is 11.1 Å². The van der Waals surface area contributed by atoms with Crippen LogP contribution in [-0.2, 0) is 11.2 Å². The molecule has 3 N–H and O–H groups in total. The van der Waals surface area contributed by atoms with Crippen molar-refractivity contribution in [2.75, 3.05) is 13.2 Å². The number of halogens is 2. The summed E-state index contributed by atoms with van der Waals surface area (Å²) >= 11 is 5.62. The molecule has 1 aromatic carbocycles. The van der Waals surface area contributed by atoms with Crippen LogP contribution >= 0.6 is 11.6 Å². The molecule has 5 heteroatoms. The second-order valence-corrected chi connectivity index (χ2v) is 4.21. The molecule has 1 aromatic rings. The van der Waals surface area contributed by atoms with Gasteiger partial charge in [-0.05, 0) is 37.5 Å². The molecule has 1 atom stereocenters. The Balaban J connectivity index is 2.51. The van der Waals surface area contributed by atoms with Crippen molar-refractivity contribution in [3.8, 4) is 0 Å². The highest BCUT2D eigenvalue weighted by Crippen LogP contribution is 2.16. The van der Waals surface area contributed by atoms with Crippen LogP contribution in [0, 0.1) is 5.82 Å². The van der Waals surface area contributed by atoms with Crippen molar-refractivity contribution in [2.45, 2.75) is 25.8 Å². The van der Waals surface area contributed by atoms with Crippen LogP contribution in [0.4, 0.5) is 4.39 Å². The summed E-state index contributed by atoms with van der Waals surface area (Å²) in [6, 6.07) is 4.87. The van der Waals surface area contributed by atoms with Crippen molar-refractivity contribution in [1.29, 1.82) is 0 Å². The van der Waals surface area contributed by atoms with Crippen LogP contribution in [0.2, 0.25) is 5.02 Å².